The molecule has 4 nitrogen and oxygen atoms in total. The summed E-state index contributed by atoms with van der Waals surface area (Å²) >= 11 is 0. The lowest BCUT2D eigenvalue weighted by Crippen LogP contribution is -2.43. The highest BCUT2D eigenvalue weighted by Gasteiger charge is 2.52. The Balaban J connectivity index is 2.04. The van der Waals surface area contributed by atoms with E-state index in [9.17, 15) is 35.5 Å². The fourth-order valence-electron chi connectivity index (χ4n) is 4.54. The SMILES string of the molecule is CC1(C)CC(=O)C2C(=Nc3n[nH]c(C(F)(F)F)c3C2c2cc(F)ccc2C(F)(F)F)C1. The lowest BCUT2D eigenvalue weighted by Gasteiger charge is -2.40. The van der Waals surface area contributed by atoms with Crippen LogP contribution in [0.1, 0.15) is 55.0 Å². The van der Waals surface area contributed by atoms with E-state index >= 15 is 0 Å². The van der Waals surface area contributed by atoms with Crippen molar-refractivity contribution in [1.82, 2.24) is 10.2 Å². The topological polar surface area (TPSA) is 58.1 Å². The second-order valence-corrected chi connectivity index (χ2v) is 8.61. The van der Waals surface area contributed by atoms with Gasteiger partial charge in [0, 0.05) is 23.6 Å². The number of benzene rings is 1. The number of aliphatic imine (C=N–C) groups is 1. The molecule has 11 heteroatoms. The second kappa shape index (κ2) is 6.64. The number of aromatic amines is 1. The Hall–Kier alpha value is -2.72. The number of rotatable bonds is 1. The number of alkyl halides is 6. The summed E-state index contributed by atoms with van der Waals surface area (Å²) in [6.45, 7) is 3.51. The van der Waals surface area contributed by atoms with Gasteiger partial charge in [0.25, 0.3) is 0 Å². The van der Waals surface area contributed by atoms with Crippen molar-refractivity contribution in [2.24, 2.45) is 16.3 Å². The third-order valence-electron chi connectivity index (χ3n) is 5.63. The molecule has 0 saturated heterocycles. The molecule has 1 aliphatic heterocycles. The molecule has 0 amide bonds. The van der Waals surface area contributed by atoms with Crippen molar-refractivity contribution in [2.45, 2.75) is 45.0 Å². The van der Waals surface area contributed by atoms with Crippen molar-refractivity contribution in [2.75, 3.05) is 0 Å². The number of H-pyrrole nitrogens is 1. The van der Waals surface area contributed by atoms with E-state index in [2.05, 4.69) is 10.1 Å². The summed E-state index contributed by atoms with van der Waals surface area (Å²) in [5.74, 6) is -5.14. The van der Waals surface area contributed by atoms with E-state index in [1.165, 1.54) is 0 Å². The molecule has 31 heavy (non-hydrogen) atoms. The quantitative estimate of drug-likeness (QED) is 0.561. The molecule has 0 radical (unpaired) electrons. The van der Waals surface area contributed by atoms with Gasteiger partial charge in [-0.1, -0.05) is 13.8 Å². The van der Waals surface area contributed by atoms with Gasteiger partial charge in [0.15, 0.2) is 5.82 Å². The summed E-state index contributed by atoms with van der Waals surface area (Å²) < 4.78 is 96.2. The molecular formula is C20H16F7N3O. The van der Waals surface area contributed by atoms with Gasteiger partial charge in [0.1, 0.15) is 17.3 Å². The Labute approximate surface area is 171 Å². The third kappa shape index (κ3) is 3.63. The monoisotopic (exact) mass is 447 g/mol. The highest BCUT2D eigenvalue weighted by Crippen LogP contribution is 2.53. The molecule has 1 fully saturated rings. The van der Waals surface area contributed by atoms with E-state index in [-0.39, 0.29) is 18.6 Å². The number of halogens is 7. The highest BCUT2D eigenvalue weighted by molar-refractivity contribution is 6.11. The summed E-state index contributed by atoms with van der Waals surface area (Å²) in [5.41, 5.74) is -4.55. The number of carbonyl (C=O) groups excluding carboxylic acids is 1. The van der Waals surface area contributed by atoms with Gasteiger partial charge in [0.2, 0.25) is 0 Å². The van der Waals surface area contributed by atoms with Crippen LogP contribution in [0.5, 0.6) is 0 Å². The molecule has 0 bridgehead atoms. The van der Waals surface area contributed by atoms with Crippen molar-refractivity contribution in [3.05, 3.63) is 46.4 Å². The van der Waals surface area contributed by atoms with Crippen molar-refractivity contribution >= 4 is 17.3 Å². The van der Waals surface area contributed by atoms with Crippen LogP contribution in [-0.2, 0) is 17.1 Å². The zero-order valence-corrected chi connectivity index (χ0v) is 16.2. The van der Waals surface area contributed by atoms with Crippen LogP contribution < -0.4 is 0 Å². The maximum atomic E-state index is 14.0. The molecule has 2 heterocycles. The van der Waals surface area contributed by atoms with E-state index in [1.807, 2.05) is 0 Å². The van der Waals surface area contributed by atoms with E-state index in [0.29, 0.717) is 18.2 Å². The average molecular weight is 447 g/mol. The summed E-state index contributed by atoms with van der Waals surface area (Å²) in [7, 11) is 0. The number of ketones is 1. The largest absolute Gasteiger partial charge is 0.433 e. The van der Waals surface area contributed by atoms with Crippen molar-refractivity contribution in [1.29, 1.82) is 0 Å². The van der Waals surface area contributed by atoms with E-state index in [0.717, 1.165) is 0 Å². The maximum absolute atomic E-state index is 14.0. The molecule has 1 aromatic carbocycles. The minimum atomic E-state index is -4.99. The van der Waals surface area contributed by atoms with Crippen molar-refractivity contribution in [3.8, 4) is 0 Å². The Bertz CT molecular complexity index is 1100. The van der Waals surface area contributed by atoms with Crippen molar-refractivity contribution < 1.29 is 35.5 Å². The van der Waals surface area contributed by atoms with Crippen LogP contribution in [0.25, 0.3) is 0 Å². The fraction of sp³-hybridized carbons (Fsp3) is 0.450. The van der Waals surface area contributed by atoms with Crippen LogP contribution >= 0.6 is 0 Å². The van der Waals surface area contributed by atoms with Gasteiger partial charge in [-0.05, 0) is 35.6 Å². The van der Waals surface area contributed by atoms with E-state index < -0.39 is 69.4 Å². The molecule has 2 atom stereocenters. The molecule has 2 aromatic rings. The Morgan fingerprint density at radius 1 is 1.03 bits per heavy atom. The van der Waals surface area contributed by atoms with Gasteiger partial charge in [-0.2, -0.15) is 31.4 Å². The molecule has 1 aliphatic carbocycles. The van der Waals surface area contributed by atoms with E-state index in [4.69, 9.17) is 0 Å². The zero-order valence-electron chi connectivity index (χ0n) is 16.2. The predicted octanol–water partition coefficient (Wildman–Crippen LogP) is 5.81. The first-order valence-electron chi connectivity index (χ1n) is 9.31. The smallest absolute Gasteiger partial charge is 0.299 e. The van der Waals surface area contributed by atoms with Crippen LogP contribution in [0.15, 0.2) is 23.2 Å². The molecule has 2 aliphatic rings. The van der Waals surface area contributed by atoms with Gasteiger partial charge in [0.05, 0.1) is 11.5 Å². The number of Topliss-reactive ketones (excluding diaryl/α,β-unsaturated/α-hetero) is 1. The lowest BCUT2D eigenvalue weighted by atomic mass is 9.63. The third-order valence-corrected chi connectivity index (χ3v) is 5.63. The highest BCUT2D eigenvalue weighted by atomic mass is 19.4. The normalized spacial score (nSPS) is 23.3. The number of nitrogens with zero attached hydrogens (tertiary/aromatic N) is 2. The minimum absolute atomic E-state index is 0.0572. The Kier molecular flexibility index (Phi) is 4.61. The van der Waals surface area contributed by atoms with Crippen LogP contribution in [0.3, 0.4) is 0 Å². The first-order valence-corrected chi connectivity index (χ1v) is 9.31. The lowest BCUT2D eigenvalue weighted by molar-refractivity contribution is -0.142. The number of hydrogen-bond donors (Lipinski definition) is 1. The molecule has 2 unspecified atom stereocenters. The van der Waals surface area contributed by atoms with Gasteiger partial charge in [-0.25, -0.2) is 9.38 Å². The standard InChI is InChI=1S/C20H16F7N3O/c1-18(2)6-11-14(12(31)7-18)13(9-5-8(21)3-4-10(9)19(22,23)24)15-16(20(25,26)27)29-30-17(15)28-11/h3-5,13-14H,6-7H2,1-2H3,(H,29,30). The average Bonchev–Trinajstić information content (AvgIpc) is 3.01. The van der Waals surface area contributed by atoms with Crippen LogP contribution in [0.2, 0.25) is 0 Å². The molecule has 4 rings (SSSR count). The number of fused-ring (bicyclic) bond motifs is 2. The van der Waals surface area contributed by atoms with Gasteiger partial charge >= 0.3 is 12.4 Å². The number of hydrogen-bond acceptors (Lipinski definition) is 3. The van der Waals surface area contributed by atoms with Gasteiger partial charge in [-0.3, -0.25) is 9.89 Å². The number of nitrogens with one attached hydrogen (secondary N) is 1. The first kappa shape index (κ1) is 21.5. The molecule has 0 spiro atoms. The maximum Gasteiger partial charge on any atom is 0.433 e. The number of aromatic nitrogens is 2. The summed E-state index contributed by atoms with van der Waals surface area (Å²) in [6, 6.07) is 1.59. The number of carbonyl (C=O) groups is 1. The summed E-state index contributed by atoms with van der Waals surface area (Å²) in [5, 5.41) is 5.36. The molecule has 166 valence electrons. The molecule has 1 aromatic heterocycles. The molecular weight excluding hydrogens is 431 g/mol. The first-order chi connectivity index (χ1) is 14.2. The van der Waals surface area contributed by atoms with Crippen LogP contribution in [-0.4, -0.2) is 21.7 Å². The summed E-state index contributed by atoms with van der Waals surface area (Å²) in [4.78, 5) is 17.1. The predicted molar refractivity (Wildman–Crippen MR) is 95.4 cm³/mol. The van der Waals surface area contributed by atoms with Gasteiger partial charge < -0.3 is 0 Å². The van der Waals surface area contributed by atoms with Gasteiger partial charge in [-0.15, -0.1) is 0 Å². The minimum Gasteiger partial charge on any atom is -0.299 e. The molecule has 1 saturated carbocycles. The Morgan fingerprint density at radius 2 is 1.71 bits per heavy atom. The fourth-order valence-corrected chi connectivity index (χ4v) is 4.54. The Morgan fingerprint density at radius 3 is 2.32 bits per heavy atom. The second-order valence-electron chi connectivity index (χ2n) is 8.61. The van der Waals surface area contributed by atoms with Crippen LogP contribution in [0, 0.1) is 17.2 Å². The van der Waals surface area contributed by atoms with E-state index in [1.54, 1.807) is 18.9 Å². The zero-order chi connectivity index (χ0) is 22.9. The van der Waals surface area contributed by atoms with Crippen molar-refractivity contribution in [3.63, 3.8) is 0 Å². The summed E-state index contributed by atoms with van der Waals surface area (Å²) in [6.07, 6.45) is -9.84. The molecule has 1 N–H and O–H groups in total. The van der Waals surface area contributed by atoms with Crippen LogP contribution in [0.4, 0.5) is 36.6 Å².